The number of nitrogens with two attached hydrogens (primary N) is 1. The van der Waals surface area contributed by atoms with Crippen LogP contribution in [0.25, 0.3) is 0 Å². The van der Waals surface area contributed by atoms with Gasteiger partial charge in [0.1, 0.15) is 5.75 Å². The number of fused-ring (bicyclic) bond motifs is 1. The van der Waals surface area contributed by atoms with Gasteiger partial charge in [-0.05, 0) is 36.8 Å². The number of ether oxygens (including phenoxy) is 1. The SMILES string of the molecule is CCC(N)(Cc1ccccc1)c1cccc2c1OCCC2. The van der Waals surface area contributed by atoms with Crippen LogP contribution < -0.4 is 10.5 Å². The first-order valence-electron chi connectivity index (χ1n) is 7.81. The molecule has 110 valence electrons. The summed E-state index contributed by atoms with van der Waals surface area (Å²) in [6.45, 7) is 2.96. The summed E-state index contributed by atoms with van der Waals surface area (Å²) in [6, 6.07) is 16.9. The number of aryl methyl sites for hydroxylation is 1. The molecule has 2 nitrogen and oxygen atoms in total. The van der Waals surface area contributed by atoms with Gasteiger partial charge in [0.2, 0.25) is 0 Å². The highest BCUT2D eigenvalue weighted by Crippen LogP contribution is 2.38. The van der Waals surface area contributed by atoms with E-state index in [1.54, 1.807) is 0 Å². The Kier molecular flexibility index (Phi) is 3.98. The van der Waals surface area contributed by atoms with Crippen LogP contribution in [-0.4, -0.2) is 6.61 Å². The van der Waals surface area contributed by atoms with E-state index in [2.05, 4.69) is 49.4 Å². The Morgan fingerprint density at radius 1 is 1.10 bits per heavy atom. The molecule has 0 radical (unpaired) electrons. The molecule has 2 aromatic rings. The van der Waals surface area contributed by atoms with Gasteiger partial charge in [-0.2, -0.15) is 0 Å². The Morgan fingerprint density at radius 2 is 1.90 bits per heavy atom. The van der Waals surface area contributed by atoms with Crippen molar-refractivity contribution in [1.82, 2.24) is 0 Å². The highest BCUT2D eigenvalue weighted by Gasteiger charge is 2.30. The Morgan fingerprint density at radius 3 is 2.67 bits per heavy atom. The van der Waals surface area contributed by atoms with Crippen molar-refractivity contribution in [3.8, 4) is 5.75 Å². The van der Waals surface area contributed by atoms with Crippen molar-refractivity contribution in [1.29, 1.82) is 0 Å². The molecule has 1 aliphatic heterocycles. The summed E-state index contributed by atoms with van der Waals surface area (Å²) in [5.74, 6) is 1.03. The van der Waals surface area contributed by atoms with Crippen LogP contribution in [0.5, 0.6) is 5.75 Å². The van der Waals surface area contributed by atoms with E-state index in [0.29, 0.717) is 0 Å². The van der Waals surface area contributed by atoms with Crippen molar-refractivity contribution in [2.24, 2.45) is 5.73 Å². The molecular weight excluding hydrogens is 258 g/mol. The fraction of sp³-hybridized carbons (Fsp3) is 0.368. The molecule has 1 aliphatic rings. The molecule has 0 spiro atoms. The highest BCUT2D eigenvalue weighted by molar-refractivity contribution is 5.47. The van der Waals surface area contributed by atoms with Crippen LogP contribution in [-0.2, 0) is 18.4 Å². The molecule has 0 saturated carbocycles. The molecule has 3 rings (SSSR count). The van der Waals surface area contributed by atoms with E-state index in [1.165, 1.54) is 11.1 Å². The molecule has 2 heteroatoms. The molecular formula is C19H23NO. The molecule has 1 unspecified atom stereocenters. The summed E-state index contributed by atoms with van der Waals surface area (Å²) in [7, 11) is 0. The number of hydrogen-bond donors (Lipinski definition) is 1. The molecule has 0 bridgehead atoms. The maximum absolute atomic E-state index is 6.79. The second-order valence-corrected chi connectivity index (χ2v) is 5.92. The van der Waals surface area contributed by atoms with Crippen LogP contribution in [0, 0.1) is 0 Å². The topological polar surface area (TPSA) is 35.2 Å². The van der Waals surface area contributed by atoms with Gasteiger partial charge in [0.25, 0.3) is 0 Å². The molecule has 0 saturated heterocycles. The van der Waals surface area contributed by atoms with Gasteiger partial charge in [-0.15, -0.1) is 0 Å². The van der Waals surface area contributed by atoms with Gasteiger partial charge in [0.05, 0.1) is 6.61 Å². The zero-order valence-corrected chi connectivity index (χ0v) is 12.6. The Hall–Kier alpha value is -1.80. The minimum Gasteiger partial charge on any atom is -0.493 e. The predicted octanol–water partition coefficient (Wildman–Crippen LogP) is 3.82. The molecule has 0 fully saturated rings. The van der Waals surface area contributed by atoms with Crippen molar-refractivity contribution >= 4 is 0 Å². The molecule has 0 aromatic heterocycles. The predicted molar refractivity (Wildman–Crippen MR) is 86.6 cm³/mol. The van der Waals surface area contributed by atoms with E-state index < -0.39 is 0 Å². The van der Waals surface area contributed by atoms with Crippen molar-refractivity contribution in [3.05, 3.63) is 65.2 Å². The average Bonchev–Trinajstić information content (AvgIpc) is 2.55. The summed E-state index contributed by atoms with van der Waals surface area (Å²) < 4.78 is 5.96. The van der Waals surface area contributed by atoms with Gasteiger partial charge >= 0.3 is 0 Å². The molecule has 1 atom stereocenters. The lowest BCUT2D eigenvalue weighted by Crippen LogP contribution is -2.39. The number of para-hydroxylation sites is 1. The maximum Gasteiger partial charge on any atom is 0.127 e. The highest BCUT2D eigenvalue weighted by atomic mass is 16.5. The van der Waals surface area contributed by atoms with Crippen LogP contribution >= 0.6 is 0 Å². The first-order chi connectivity index (χ1) is 10.2. The van der Waals surface area contributed by atoms with Crippen molar-refractivity contribution in [2.75, 3.05) is 6.61 Å². The number of benzene rings is 2. The second kappa shape index (κ2) is 5.90. The van der Waals surface area contributed by atoms with Crippen LogP contribution in [0.4, 0.5) is 0 Å². The van der Waals surface area contributed by atoms with Crippen molar-refractivity contribution in [3.63, 3.8) is 0 Å². The maximum atomic E-state index is 6.79. The standard InChI is InChI=1S/C19H23NO/c1-2-19(20,14-15-8-4-3-5-9-15)17-12-6-10-16-11-7-13-21-18(16)17/h3-6,8-10,12H,2,7,11,13-14,20H2,1H3. The van der Waals surface area contributed by atoms with Crippen LogP contribution in [0.3, 0.4) is 0 Å². The number of rotatable bonds is 4. The van der Waals surface area contributed by atoms with Gasteiger partial charge in [0, 0.05) is 11.1 Å². The van der Waals surface area contributed by atoms with Gasteiger partial charge in [-0.1, -0.05) is 55.5 Å². The van der Waals surface area contributed by atoms with Gasteiger partial charge in [0.15, 0.2) is 0 Å². The summed E-state index contributed by atoms with van der Waals surface area (Å²) >= 11 is 0. The lowest BCUT2D eigenvalue weighted by atomic mass is 9.80. The van der Waals surface area contributed by atoms with E-state index >= 15 is 0 Å². The van der Waals surface area contributed by atoms with Crippen LogP contribution in [0.1, 0.15) is 36.5 Å². The Labute approximate surface area is 126 Å². The third-order valence-corrected chi connectivity index (χ3v) is 4.46. The fourth-order valence-corrected chi connectivity index (χ4v) is 3.15. The molecule has 2 aromatic carbocycles. The molecule has 21 heavy (non-hydrogen) atoms. The van der Waals surface area contributed by atoms with E-state index in [9.17, 15) is 0 Å². The van der Waals surface area contributed by atoms with E-state index in [4.69, 9.17) is 10.5 Å². The summed E-state index contributed by atoms with van der Waals surface area (Å²) in [5, 5.41) is 0. The van der Waals surface area contributed by atoms with E-state index in [0.717, 1.165) is 43.6 Å². The minimum atomic E-state index is -0.371. The summed E-state index contributed by atoms with van der Waals surface area (Å²) in [4.78, 5) is 0. The molecule has 0 amide bonds. The average molecular weight is 281 g/mol. The van der Waals surface area contributed by atoms with Gasteiger partial charge in [-0.3, -0.25) is 0 Å². The number of hydrogen-bond acceptors (Lipinski definition) is 2. The summed E-state index contributed by atoms with van der Waals surface area (Å²) in [6.07, 6.45) is 3.92. The first-order valence-corrected chi connectivity index (χ1v) is 7.81. The minimum absolute atomic E-state index is 0.371. The second-order valence-electron chi connectivity index (χ2n) is 5.92. The molecule has 2 N–H and O–H groups in total. The van der Waals surface area contributed by atoms with Gasteiger partial charge < -0.3 is 10.5 Å². The quantitative estimate of drug-likeness (QED) is 0.924. The van der Waals surface area contributed by atoms with Gasteiger partial charge in [-0.25, -0.2) is 0 Å². The zero-order valence-electron chi connectivity index (χ0n) is 12.6. The largest absolute Gasteiger partial charge is 0.493 e. The van der Waals surface area contributed by atoms with Crippen molar-refractivity contribution < 1.29 is 4.74 Å². The lowest BCUT2D eigenvalue weighted by molar-refractivity contribution is 0.274. The fourth-order valence-electron chi connectivity index (χ4n) is 3.15. The van der Waals surface area contributed by atoms with Crippen LogP contribution in [0.15, 0.2) is 48.5 Å². The smallest absolute Gasteiger partial charge is 0.127 e. The molecule has 1 heterocycles. The summed E-state index contributed by atoms with van der Waals surface area (Å²) in [5.41, 5.74) is 10.2. The zero-order chi connectivity index (χ0) is 14.7. The lowest BCUT2D eigenvalue weighted by Gasteiger charge is -2.33. The Balaban J connectivity index is 1.99. The monoisotopic (exact) mass is 281 g/mol. The third-order valence-electron chi connectivity index (χ3n) is 4.46. The van der Waals surface area contributed by atoms with E-state index in [-0.39, 0.29) is 5.54 Å². The molecule has 0 aliphatic carbocycles. The third kappa shape index (κ3) is 2.81. The normalized spacial score (nSPS) is 16.7. The van der Waals surface area contributed by atoms with E-state index in [1.807, 2.05) is 6.07 Å². The Bertz CT molecular complexity index is 608. The van der Waals surface area contributed by atoms with Crippen LogP contribution in [0.2, 0.25) is 0 Å². The first kappa shape index (κ1) is 14.2. The van der Waals surface area contributed by atoms with Crippen molar-refractivity contribution in [2.45, 2.75) is 38.1 Å².